The molecule has 0 radical (unpaired) electrons. The number of imide groups is 1. The number of para-hydroxylation sites is 3. The second kappa shape index (κ2) is 13.2. The van der Waals surface area contributed by atoms with Gasteiger partial charge in [0.25, 0.3) is 17.1 Å². The number of hydrogen-bond donors (Lipinski definition) is 2. The minimum Gasteiger partial charge on any atom is -0.495 e. The maximum Gasteiger partial charge on any atom is 0.294 e. The monoisotopic (exact) mass is 625 g/mol. The van der Waals surface area contributed by atoms with Gasteiger partial charge in [-0.25, -0.2) is 0 Å². The summed E-state index contributed by atoms with van der Waals surface area (Å²) in [7, 11) is 2.95. The Balaban J connectivity index is 1.39. The molecule has 0 aliphatic carbocycles. The van der Waals surface area contributed by atoms with Crippen molar-refractivity contribution in [1.29, 1.82) is 0 Å². The molecule has 0 aromatic heterocycles. The number of benzene rings is 3. The third-order valence-electron chi connectivity index (χ3n) is 5.55. The smallest absolute Gasteiger partial charge is 0.294 e. The van der Waals surface area contributed by atoms with Crippen LogP contribution in [0.25, 0.3) is 6.08 Å². The highest BCUT2D eigenvalue weighted by Gasteiger charge is 2.36. The molecule has 206 valence electrons. The maximum absolute atomic E-state index is 12.9. The molecule has 2 N–H and O–H groups in total. The van der Waals surface area contributed by atoms with E-state index in [1.807, 2.05) is 0 Å². The van der Waals surface area contributed by atoms with Crippen molar-refractivity contribution in [1.82, 2.24) is 4.90 Å². The Hall–Kier alpha value is -4.29. The molecule has 12 heteroatoms. The molecule has 10 nitrogen and oxygen atoms in total. The molecule has 0 atom stereocenters. The van der Waals surface area contributed by atoms with Crippen LogP contribution in [0.3, 0.4) is 0 Å². The van der Waals surface area contributed by atoms with E-state index in [9.17, 15) is 19.2 Å². The Morgan fingerprint density at radius 2 is 1.55 bits per heavy atom. The second-order valence-electron chi connectivity index (χ2n) is 8.24. The van der Waals surface area contributed by atoms with Gasteiger partial charge in [-0.3, -0.25) is 24.1 Å². The van der Waals surface area contributed by atoms with Crippen LogP contribution in [-0.2, 0) is 14.4 Å². The van der Waals surface area contributed by atoms with E-state index in [2.05, 4.69) is 26.6 Å². The van der Waals surface area contributed by atoms with E-state index < -0.39 is 29.5 Å². The van der Waals surface area contributed by atoms with E-state index in [1.165, 1.54) is 20.3 Å². The highest BCUT2D eigenvalue weighted by atomic mass is 79.9. The minimum absolute atomic E-state index is 0.158. The molecule has 0 spiro atoms. The largest absolute Gasteiger partial charge is 0.495 e. The number of hydrogen-bond acceptors (Lipinski definition) is 8. The number of amides is 4. The third kappa shape index (κ3) is 7.01. The number of nitrogens with one attached hydrogen (secondary N) is 2. The highest BCUT2D eigenvalue weighted by Crippen LogP contribution is 2.35. The van der Waals surface area contributed by atoms with Crippen LogP contribution in [0.2, 0.25) is 0 Å². The summed E-state index contributed by atoms with van der Waals surface area (Å²) in [6, 6.07) is 18.9. The predicted octanol–water partition coefficient (Wildman–Crippen LogP) is 5.16. The molecule has 1 saturated heterocycles. The molecular weight excluding hydrogens is 602 g/mol. The van der Waals surface area contributed by atoms with Crippen molar-refractivity contribution < 1.29 is 33.4 Å². The first-order valence-corrected chi connectivity index (χ1v) is 13.4. The van der Waals surface area contributed by atoms with Crippen LogP contribution in [0.1, 0.15) is 5.56 Å². The number of carbonyl (C=O) groups is 4. The van der Waals surface area contributed by atoms with Gasteiger partial charge in [-0.1, -0.05) is 30.3 Å². The summed E-state index contributed by atoms with van der Waals surface area (Å²) in [5.41, 5.74) is 1.60. The summed E-state index contributed by atoms with van der Waals surface area (Å²) in [6.07, 6.45) is 1.53. The first-order chi connectivity index (χ1) is 19.3. The Morgan fingerprint density at radius 3 is 2.27 bits per heavy atom. The summed E-state index contributed by atoms with van der Waals surface area (Å²) >= 11 is 4.08. The third-order valence-corrected chi connectivity index (χ3v) is 7.15. The summed E-state index contributed by atoms with van der Waals surface area (Å²) in [6.45, 7) is -0.704. The lowest BCUT2D eigenvalue weighted by Crippen LogP contribution is -2.36. The molecule has 1 fully saturated rings. The lowest BCUT2D eigenvalue weighted by Gasteiger charge is -2.13. The van der Waals surface area contributed by atoms with Gasteiger partial charge >= 0.3 is 0 Å². The molecule has 4 rings (SSSR count). The number of thioether (sulfide) groups is 1. The SMILES string of the molecule is COc1ccccc1NC(=O)COc1ccc(/C=C2\SC(=O)N(CC(=O)Nc3ccccc3Br)C2=O)cc1OC. The number of nitrogens with zero attached hydrogens (tertiary/aromatic N) is 1. The molecule has 0 saturated carbocycles. The standard InChI is InChI=1S/C28H24BrN3O7S/c1-37-21-10-6-5-9-20(21)31-26(34)16-39-22-12-11-17(13-23(22)38-2)14-24-27(35)32(28(36)40-24)15-25(33)30-19-8-4-3-7-18(19)29/h3-14H,15-16H2,1-2H3,(H,30,33)(H,31,34)/b24-14-. The number of ether oxygens (including phenoxy) is 3. The molecule has 3 aromatic rings. The zero-order chi connectivity index (χ0) is 28.6. The molecule has 1 aliphatic heterocycles. The van der Waals surface area contributed by atoms with Crippen LogP contribution in [0.15, 0.2) is 76.1 Å². The van der Waals surface area contributed by atoms with Crippen LogP contribution in [0.5, 0.6) is 17.2 Å². The maximum atomic E-state index is 12.9. The number of anilines is 2. The van der Waals surface area contributed by atoms with Gasteiger partial charge in [0, 0.05) is 4.47 Å². The average Bonchev–Trinajstić information content (AvgIpc) is 3.20. The van der Waals surface area contributed by atoms with Crippen molar-refractivity contribution >= 4 is 68.1 Å². The van der Waals surface area contributed by atoms with Gasteiger partial charge in [0.1, 0.15) is 12.3 Å². The van der Waals surface area contributed by atoms with Gasteiger partial charge in [0.15, 0.2) is 18.1 Å². The van der Waals surface area contributed by atoms with Crippen molar-refractivity contribution in [3.05, 3.63) is 81.7 Å². The minimum atomic E-state index is -0.579. The van der Waals surface area contributed by atoms with Crippen LogP contribution in [0.4, 0.5) is 16.2 Å². The van der Waals surface area contributed by atoms with Crippen LogP contribution in [-0.4, -0.2) is 55.2 Å². The lowest BCUT2D eigenvalue weighted by atomic mass is 10.2. The fourth-order valence-electron chi connectivity index (χ4n) is 3.65. The number of methoxy groups -OCH3 is 2. The summed E-state index contributed by atoms with van der Waals surface area (Å²) in [5, 5.41) is 4.85. The van der Waals surface area contributed by atoms with Crippen LogP contribution in [0, 0.1) is 0 Å². The molecule has 40 heavy (non-hydrogen) atoms. The van der Waals surface area contributed by atoms with Gasteiger partial charge in [-0.15, -0.1) is 0 Å². The molecule has 3 aromatic carbocycles. The van der Waals surface area contributed by atoms with Gasteiger partial charge in [0.2, 0.25) is 5.91 Å². The fraction of sp³-hybridized carbons (Fsp3) is 0.143. The Labute approximate surface area is 242 Å². The number of rotatable bonds is 10. The summed E-state index contributed by atoms with van der Waals surface area (Å²) in [5.74, 6) is -0.324. The average molecular weight is 626 g/mol. The zero-order valence-electron chi connectivity index (χ0n) is 21.4. The Bertz CT molecular complexity index is 1490. The van der Waals surface area contributed by atoms with Crippen molar-refractivity contribution in [2.75, 3.05) is 38.0 Å². The van der Waals surface area contributed by atoms with Crippen molar-refractivity contribution in [3.63, 3.8) is 0 Å². The van der Waals surface area contributed by atoms with Crippen molar-refractivity contribution in [2.45, 2.75) is 0 Å². The van der Waals surface area contributed by atoms with Gasteiger partial charge in [-0.2, -0.15) is 0 Å². The first kappa shape index (κ1) is 28.7. The molecule has 4 amide bonds. The van der Waals surface area contributed by atoms with Gasteiger partial charge in [0.05, 0.1) is 30.5 Å². The predicted molar refractivity (Wildman–Crippen MR) is 156 cm³/mol. The molecule has 1 heterocycles. The van der Waals surface area contributed by atoms with E-state index in [4.69, 9.17) is 14.2 Å². The van der Waals surface area contributed by atoms with E-state index in [-0.39, 0.29) is 11.5 Å². The molecule has 1 aliphatic rings. The zero-order valence-corrected chi connectivity index (χ0v) is 23.8. The second-order valence-corrected chi connectivity index (χ2v) is 10.1. The normalized spacial score (nSPS) is 13.8. The van der Waals surface area contributed by atoms with Crippen molar-refractivity contribution in [3.8, 4) is 17.2 Å². The van der Waals surface area contributed by atoms with E-state index in [1.54, 1.807) is 66.7 Å². The fourth-order valence-corrected chi connectivity index (χ4v) is 4.88. The molecule has 0 bridgehead atoms. The topological polar surface area (TPSA) is 123 Å². The summed E-state index contributed by atoms with van der Waals surface area (Å²) in [4.78, 5) is 51.3. The molecular formula is C28H24BrN3O7S. The van der Waals surface area contributed by atoms with E-state index in [0.717, 1.165) is 16.7 Å². The van der Waals surface area contributed by atoms with E-state index >= 15 is 0 Å². The Morgan fingerprint density at radius 1 is 0.875 bits per heavy atom. The van der Waals surface area contributed by atoms with Crippen LogP contribution < -0.4 is 24.8 Å². The first-order valence-electron chi connectivity index (χ1n) is 11.8. The highest BCUT2D eigenvalue weighted by molar-refractivity contribution is 9.10. The number of halogens is 1. The van der Waals surface area contributed by atoms with Crippen molar-refractivity contribution in [2.24, 2.45) is 0 Å². The van der Waals surface area contributed by atoms with Gasteiger partial charge < -0.3 is 24.8 Å². The van der Waals surface area contributed by atoms with Crippen LogP contribution >= 0.6 is 27.7 Å². The summed E-state index contributed by atoms with van der Waals surface area (Å²) < 4.78 is 16.9. The lowest BCUT2D eigenvalue weighted by molar-refractivity contribution is -0.127. The number of carbonyl (C=O) groups excluding carboxylic acids is 4. The van der Waals surface area contributed by atoms with E-state index in [0.29, 0.717) is 38.7 Å². The molecule has 0 unspecified atom stereocenters. The Kier molecular flexibility index (Phi) is 9.46. The van der Waals surface area contributed by atoms with Gasteiger partial charge in [-0.05, 0) is 75.7 Å². The quantitative estimate of drug-likeness (QED) is 0.296.